The molecule has 5 nitrogen and oxygen atoms in total. The number of hydrogen-bond acceptors (Lipinski definition) is 5. The van der Waals surface area contributed by atoms with Crippen molar-refractivity contribution < 1.29 is 14.3 Å². The highest BCUT2D eigenvalue weighted by atomic mass is 16.5. The molecule has 0 aliphatic rings. The molecule has 1 unspecified atom stereocenters. The Bertz CT molecular complexity index is 691. The first kappa shape index (κ1) is 12.6. The zero-order chi connectivity index (χ0) is 13.9. The van der Waals surface area contributed by atoms with Crippen molar-refractivity contribution in [3.8, 4) is 5.88 Å². The van der Waals surface area contributed by atoms with E-state index in [9.17, 15) is 5.11 Å². The van der Waals surface area contributed by atoms with E-state index in [2.05, 4.69) is 9.97 Å². The Balaban J connectivity index is 1.82. The molecule has 1 aromatic carbocycles. The van der Waals surface area contributed by atoms with E-state index in [1.54, 1.807) is 13.2 Å². The number of methoxy groups -OCH3 is 1. The molecule has 0 radical (unpaired) electrons. The molecule has 2 aromatic heterocycles. The van der Waals surface area contributed by atoms with Gasteiger partial charge in [0.15, 0.2) is 0 Å². The van der Waals surface area contributed by atoms with Crippen molar-refractivity contribution in [2.75, 3.05) is 7.11 Å². The fourth-order valence-electron chi connectivity index (χ4n) is 2.07. The third-order valence-corrected chi connectivity index (χ3v) is 3.08. The maximum absolute atomic E-state index is 10.2. The van der Waals surface area contributed by atoms with Gasteiger partial charge in [-0.1, -0.05) is 18.2 Å². The average molecular weight is 270 g/mol. The Hall–Kier alpha value is -2.40. The number of aromatic nitrogens is 2. The van der Waals surface area contributed by atoms with Crippen molar-refractivity contribution in [3.05, 3.63) is 54.2 Å². The topological polar surface area (TPSA) is 68.4 Å². The van der Waals surface area contributed by atoms with Crippen molar-refractivity contribution in [2.24, 2.45) is 0 Å². The third kappa shape index (κ3) is 2.48. The number of aliphatic hydroxyl groups excluding tert-OH is 1. The molecule has 102 valence electrons. The van der Waals surface area contributed by atoms with E-state index in [1.807, 2.05) is 30.3 Å². The summed E-state index contributed by atoms with van der Waals surface area (Å²) in [5.74, 6) is 1.01. The summed E-state index contributed by atoms with van der Waals surface area (Å²) in [5, 5.41) is 11.2. The van der Waals surface area contributed by atoms with E-state index >= 15 is 0 Å². The molecule has 0 aliphatic carbocycles. The van der Waals surface area contributed by atoms with Gasteiger partial charge in [0.25, 0.3) is 0 Å². The minimum atomic E-state index is -0.748. The normalized spacial score (nSPS) is 12.5. The molecule has 5 heteroatoms. The summed E-state index contributed by atoms with van der Waals surface area (Å²) in [6.07, 6.45) is 1.01. The minimum Gasteiger partial charge on any atom is -0.481 e. The van der Waals surface area contributed by atoms with Gasteiger partial charge < -0.3 is 14.3 Å². The van der Waals surface area contributed by atoms with Crippen LogP contribution in [0.4, 0.5) is 0 Å². The number of aliphatic hydroxyl groups is 1. The SMILES string of the molecule is COc1cc(CC(O)c2cc3ccccc3o2)ncn1. The number of benzene rings is 1. The molecule has 3 rings (SSSR count). The molecule has 0 amide bonds. The van der Waals surface area contributed by atoms with Crippen LogP contribution in [0.25, 0.3) is 11.0 Å². The number of furan rings is 1. The van der Waals surface area contributed by atoms with Crippen LogP contribution in [0.2, 0.25) is 0 Å². The van der Waals surface area contributed by atoms with E-state index < -0.39 is 6.10 Å². The van der Waals surface area contributed by atoms with Gasteiger partial charge in [0, 0.05) is 17.9 Å². The lowest BCUT2D eigenvalue weighted by molar-refractivity contribution is 0.151. The highest BCUT2D eigenvalue weighted by Gasteiger charge is 2.15. The van der Waals surface area contributed by atoms with Gasteiger partial charge in [-0.15, -0.1) is 0 Å². The van der Waals surface area contributed by atoms with Gasteiger partial charge in [0.05, 0.1) is 12.8 Å². The molecular weight excluding hydrogens is 256 g/mol. The van der Waals surface area contributed by atoms with Crippen LogP contribution >= 0.6 is 0 Å². The second kappa shape index (κ2) is 5.30. The number of para-hydroxylation sites is 1. The molecule has 2 heterocycles. The molecule has 0 fully saturated rings. The number of hydrogen-bond donors (Lipinski definition) is 1. The van der Waals surface area contributed by atoms with E-state index in [1.165, 1.54) is 6.33 Å². The molecule has 0 saturated heterocycles. The van der Waals surface area contributed by atoms with Crippen molar-refractivity contribution in [2.45, 2.75) is 12.5 Å². The van der Waals surface area contributed by atoms with Crippen molar-refractivity contribution >= 4 is 11.0 Å². The number of fused-ring (bicyclic) bond motifs is 1. The number of ether oxygens (including phenoxy) is 1. The van der Waals surface area contributed by atoms with Crippen molar-refractivity contribution in [3.63, 3.8) is 0 Å². The maximum Gasteiger partial charge on any atom is 0.216 e. The van der Waals surface area contributed by atoms with E-state index in [0.717, 1.165) is 11.0 Å². The Morgan fingerprint density at radius 3 is 2.90 bits per heavy atom. The van der Waals surface area contributed by atoms with Gasteiger partial charge in [-0.3, -0.25) is 0 Å². The predicted octanol–water partition coefficient (Wildman–Crippen LogP) is 2.51. The Kier molecular flexibility index (Phi) is 3.35. The molecular formula is C15H14N2O3. The summed E-state index contributed by atoms with van der Waals surface area (Å²) in [6.45, 7) is 0. The Morgan fingerprint density at radius 1 is 1.25 bits per heavy atom. The second-order valence-corrected chi connectivity index (χ2v) is 4.46. The maximum atomic E-state index is 10.2. The summed E-state index contributed by atoms with van der Waals surface area (Å²) in [7, 11) is 1.54. The summed E-state index contributed by atoms with van der Waals surface area (Å²) in [5.41, 5.74) is 1.46. The Labute approximate surface area is 115 Å². The molecule has 0 aliphatic heterocycles. The molecule has 0 saturated carbocycles. The fourth-order valence-corrected chi connectivity index (χ4v) is 2.07. The minimum absolute atomic E-state index is 0.346. The lowest BCUT2D eigenvalue weighted by atomic mass is 10.1. The first-order valence-electron chi connectivity index (χ1n) is 6.27. The van der Waals surface area contributed by atoms with Gasteiger partial charge in [-0.25, -0.2) is 9.97 Å². The fraction of sp³-hybridized carbons (Fsp3) is 0.200. The zero-order valence-electron chi connectivity index (χ0n) is 11.0. The van der Waals surface area contributed by atoms with Gasteiger partial charge in [-0.2, -0.15) is 0 Å². The van der Waals surface area contributed by atoms with Crippen LogP contribution in [-0.2, 0) is 6.42 Å². The van der Waals surface area contributed by atoms with E-state index in [0.29, 0.717) is 23.8 Å². The predicted molar refractivity (Wildman–Crippen MR) is 73.5 cm³/mol. The molecule has 3 aromatic rings. The second-order valence-electron chi connectivity index (χ2n) is 4.46. The molecule has 20 heavy (non-hydrogen) atoms. The summed E-state index contributed by atoms with van der Waals surface area (Å²) < 4.78 is 10.7. The number of rotatable bonds is 4. The monoisotopic (exact) mass is 270 g/mol. The third-order valence-electron chi connectivity index (χ3n) is 3.08. The van der Waals surface area contributed by atoms with Crippen LogP contribution in [0, 0.1) is 0 Å². The quantitative estimate of drug-likeness (QED) is 0.789. The molecule has 1 N–H and O–H groups in total. The van der Waals surface area contributed by atoms with Gasteiger partial charge in [-0.05, 0) is 12.1 Å². The molecule has 0 spiro atoms. The summed E-state index contributed by atoms with van der Waals surface area (Å²) in [6, 6.07) is 11.2. The highest BCUT2D eigenvalue weighted by molar-refractivity contribution is 5.77. The summed E-state index contributed by atoms with van der Waals surface area (Å²) >= 11 is 0. The first-order chi connectivity index (χ1) is 9.76. The smallest absolute Gasteiger partial charge is 0.216 e. The van der Waals surface area contributed by atoms with Gasteiger partial charge >= 0.3 is 0 Å². The van der Waals surface area contributed by atoms with Crippen LogP contribution < -0.4 is 4.74 Å². The van der Waals surface area contributed by atoms with Crippen molar-refractivity contribution in [1.29, 1.82) is 0 Å². The van der Waals surface area contributed by atoms with Gasteiger partial charge in [0.2, 0.25) is 5.88 Å². The van der Waals surface area contributed by atoms with Crippen LogP contribution in [0.3, 0.4) is 0 Å². The lowest BCUT2D eigenvalue weighted by Gasteiger charge is -2.07. The summed E-state index contributed by atoms with van der Waals surface area (Å²) in [4.78, 5) is 8.05. The zero-order valence-corrected chi connectivity index (χ0v) is 11.0. The molecule has 0 bridgehead atoms. The van der Waals surface area contributed by atoms with Crippen LogP contribution in [-0.4, -0.2) is 22.2 Å². The Morgan fingerprint density at radius 2 is 2.10 bits per heavy atom. The van der Waals surface area contributed by atoms with E-state index in [4.69, 9.17) is 9.15 Å². The highest BCUT2D eigenvalue weighted by Crippen LogP contribution is 2.25. The largest absolute Gasteiger partial charge is 0.481 e. The van der Waals surface area contributed by atoms with Crippen LogP contribution in [0.1, 0.15) is 17.6 Å². The van der Waals surface area contributed by atoms with Gasteiger partial charge in [0.1, 0.15) is 23.8 Å². The standard InChI is InChI=1S/C15H14N2O3/c1-19-15-8-11(16-9-17-15)7-12(18)14-6-10-4-2-3-5-13(10)20-14/h2-6,8-9,12,18H,7H2,1H3. The van der Waals surface area contributed by atoms with Crippen LogP contribution in [0.15, 0.2) is 47.1 Å². The first-order valence-corrected chi connectivity index (χ1v) is 6.27. The van der Waals surface area contributed by atoms with Crippen molar-refractivity contribution in [1.82, 2.24) is 9.97 Å². The molecule has 1 atom stereocenters. The van der Waals surface area contributed by atoms with Crippen LogP contribution in [0.5, 0.6) is 5.88 Å². The lowest BCUT2D eigenvalue weighted by Crippen LogP contribution is -2.03. The van der Waals surface area contributed by atoms with E-state index in [-0.39, 0.29) is 0 Å². The average Bonchev–Trinajstić information content (AvgIpc) is 2.91. The number of nitrogens with zero attached hydrogens (tertiary/aromatic N) is 2.